The van der Waals surface area contributed by atoms with Crippen molar-refractivity contribution in [1.82, 2.24) is 14.6 Å². The fraction of sp³-hybridized carbons (Fsp3) is 0.250. The lowest BCUT2D eigenvalue weighted by atomic mass is 10.1. The number of carbonyl (C=O) groups excluding carboxylic acids is 1. The Morgan fingerprint density at radius 1 is 1.15 bits per heavy atom. The summed E-state index contributed by atoms with van der Waals surface area (Å²) in [6, 6.07) is 12.9. The van der Waals surface area contributed by atoms with E-state index in [1.54, 1.807) is 19.1 Å². The molecular formula is C20H21N3O4. The standard InChI is InChI=1S/C20H21N3O4/c1-13-9-17(15(3)23(13)18-10-14(2)27-21-18)20(26)22(12-19(24)25)11-16-7-5-4-6-8-16/h4-10H,11-12H2,1-3H3,(H,24,25). The Morgan fingerprint density at radius 2 is 1.85 bits per heavy atom. The third-order valence-corrected chi connectivity index (χ3v) is 4.34. The lowest BCUT2D eigenvalue weighted by Crippen LogP contribution is -2.35. The van der Waals surface area contributed by atoms with Crippen LogP contribution in [0.5, 0.6) is 0 Å². The van der Waals surface area contributed by atoms with Gasteiger partial charge < -0.3 is 14.5 Å². The van der Waals surface area contributed by atoms with E-state index >= 15 is 0 Å². The molecule has 1 amide bonds. The van der Waals surface area contributed by atoms with Crippen molar-refractivity contribution >= 4 is 11.9 Å². The SMILES string of the molecule is Cc1cc(-n2c(C)cc(C(=O)N(CC(=O)O)Cc3ccccc3)c2C)no1. The number of carboxylic acid groups (broad SMARTS) is 1. The summed E-state index contributed by atoms with van der Waals surface area (Å²) >= 11 is 0. The second-order valence-electron chi connectivity index (χ2n) is 6.46. The van der Waals surface area contributed by atoms with Crippen molar-refractivity contribution in [3.63, 3.8) is 0 Å². The number of benzene rings is 1. The molecule has 0 aliphatic rings. The highest BCUT2D eigenvalue weighted by molar-refractivity contribution is 5.97. The first-order chi connectivity index (χ1) is 12.9. The zero-order valence-corrected chi connectivity index (χ0v) is 15.5. The van der Waals surface area contributed by atoms with Gasteiger partial charge in [-0.3, -0.25) is 14.2 Å². The molecule has 140 valence electrons. The monoisotopic (exact) mass is 367 g/mol. The molecule has 1 aromatic carbocycles. The fourth-order valence-electron chi connectivity index (χ4n) is 3.13. The van der Waals surface area contributed by atoms with Gasteiger partial charge in [-0.1, -0.05) is 35.5 Å². The van der Waals surface area contributed by atoms with Gasteiger partial charge in [-0.15, -0.1) is 0 Å². The smallest absolute Gasteiger partial charge is 0.323 e. The van der Waals surface area contributed by atoms with Gasteiger partial charge in [0.15, 0.2) is 5.82 Å². The fourth-order valence-corrected chi connectivity index (χ4v) is 3.13. The van der Waals surface area contributed by atoms with E-state index in [1.165, 1.54) is 4.90 Å². The highest BCUT2D eigenvalue weighted by atomic mass is 16.5. The molecule has 0 bridgehead atoms. The zero-order valence-electron chi connectivity index (χ0n) is 15.5. The maximum absolute atomic E-state index is 13.1. The minimum absolute atomic E-state index is 0.221. The molecule has 2 aromatic heterocycles. The minimum atomic E-state index is -1.06. The van der Waals surface area contributed by atoms with Crippen LogP contribution in [0.1, 0.15) is 33.1 Å². The van der Waals surface area contributed by atoms with Gasteiger partial charge in [-0.25, -0.2) is 0 Å². The van der Waals surface area contributed by atoms with Gasteiger partial charge in [0.05, 0.1) is 5.56 Å². The number of nitrogens with zero attached hydrogens (tertiary/aromatic N) is 3. The highest BCUT2D eigenvalue weighted by Crippen LogP contribution is 2.22. The lowest BCUT2D eigenvalue weighted by molar-refractivity contribution is -0.137. The summed E-state index contributed by atoms with van der Waals surface area (Å²) in [5, 5.41) is 13.3. The summed E-state index contributed by atoms with van der Waals surface area (Å²) < 4.78 is 6.96. The second-order valence-corrected chi connectivity index (χ2v) is 6.46. The van der Waals surface area contributed by atoms with Crippen LogP contribution in [0.4, 0.5) is 0 Å². The first-order valence-electron chi connectivity index (χ1n) is 8.54. The molecule has 0 spiro atoms. The van der Waals surface area contributed by atoms with Crippen LogP contribution in [0.2, 0.25) is 0 Å². The van der Waals surface area contributed by atoms with Crippen LogP contribution >= 0.6 is 0 Å². The molecule has 0 atom stereocenters. The van der Waals surface area contributed by atoms with Gasteiger partial charge in [0.1, 0.15) is 12.3 Å². The molecule has 2 heterocycles. The summed E-state index contributed by atoms with van der Waals surface area (Å²) in [4.78, 5) is 25.7. The number of amides is 1. The molecule has 0 fully saturated rings. The minimum Gasteiger partial charge on any atom is -0.480 e. The van der Waals surface area contributed by atoms with Crippen molar-refractivity contribution in [2.24, 2.45) is 0 Å². The normalized spacial score (nSPS) is 10.8. The summed E-state index contributed by atoms with van der Waals surface area (Å²) in [6.45, 7) is 5.32. The largest absolute Gasteiger partial charge is 0.480 e. The molecule has 3 aromatic rings. The molecule has 0 saturated carbocycles. The molecular weight excluding hydrogens is 346 g/mol. The van der Waals surface area contributed by atoms with Crippen LogP contribution in [0, 0.1) is 20.8 Å². The molecule has 0 aliphatic carbocycles. The van der Waals surface area contributed by atoms with Gasteiger partial charge in [0, 0.05) is 24.0 Å². The lowest BCUT2D eigenvalue weighted by Gasteiger charge is -2.21. The maximum Gasteiger partial charge on any atom is 0.323 e. The number of hydrogen-bond donors (Lipinski definition) is 1. The van der Waals surface area contributed by atoms with Crippen molar-refractivity contribution in [2.45, 2.75) is 27.3 Å². The van der Waals surface area contributed by atoms with Crippen LogP contribution < -0.4 is 0 Å². The van der Waals surface area contributed by atoms with Crippen LogP contribution in [-0.2, 0) is 11.3 Å². The summed E-state index contributed by atoms with van der Waals surface area (Å²) in [7, 11) is 0. The van der Waals surface area contributed by atoms with Gasteiger partial charge >= 0.3 is 5.97 Å². The van der Waals surface area contributed by atoms with E-state index in [9.17, 15) is 14.7 Å². The van der Waals surface area contributed by atoms with Crippen LogP contribution in [-0.4, -0.2) is 38.2 Å². The van der Waals surface area contributed by atoms with Crippen LogP contribution in [0.3, 0.4) is 0 Å². The Balaban J connectivity index is 1.95. The first kappa shape index (κ1) is 18.4. The van der Waals surface area contributed by atoms with E-state index in [0.717, 1.165) is 11.3 Å². The molecule has 0 aliphatic heterocycles. The molecule has 3 rings (SSSR count). The Morgan fingerprint density at radius 3 is 2.44 bits per heavy atom. The number of carboxylic acids is 1. The van der Waals surface area contributed by atoms with Crippen molar-refractivity contribution in [2.75, 3.05) is 6.54 Å². The predicted octanol–water partition coefficient (Wildman–Crippen LogP) is 3.12. The predicted molar refractivity (Wildman–Crippen MR) is 98.9 cm³/mol. The summed E-state index contributed by atoms with van der Waals surface area (Å²) in [5.41, 5.74) is 2.83. The molecule has 0 radical (unpaired) electrons. The van der Waals surface area contributed by atoms with Crippen molar-refractivity contribution in [3.8, 4) is 5.82 Å². The number of aromatic nitrogens is 2. The van der Waals surface area contributed by atoms with E-state index < -0.39 is 5.97 Å². The second kappa shape index (κ2) is 7.49. The average molecular weight is 367 g/mol. The van der Waals surface area contributed by atoms with Crippen molar-refractivity contribution in [1.29, 1.82) is 0 Å². The van der Waals surface area contributed by atoms with Crippen LogP contribution in [0.25, 0.3) is 5.82 Å². The van der Waals surface area contributed by atoms with E-state index in [-0.39, 0.29) is 19.0 Å². The van der Waals surface area contributed by atoms with Gasteiger partial charge in [-0.05, 0) is 32.4 Å². The molecule has 7 heteroatoms. The number of carbonyl (C=O) groups is 2. The quantitative estimate of drug-likeness (QED) is 0.723. The zero-order chi connectivity index (χ0) is 19.6. The number of aliphatic carboxylic acids is 1. The van der Waals surface area contributed by atoms with E-state index in [4.69, 9.17) is 4.52 Å². The third-order valence-electron chi connectivity index (χ3n) is 4.34. The van der Waals surface area contributed by atoms with E-state index in [2.05, 4.69) is 5.16 Å². The molecule has 27 heavy (non-hydrogen) atoms. The Hall–Kier alpha value is -3.35. The first-order valence-corrected chi connectivity index (χ1v) is 8.54. The summed E-state index contributed by atoms with van der Waals surface area (Å²) in [6.07, 6.45) is 0. The van der Waals surface area contributed by atoms with Crippen molar-refractivity contribution in [3.05, 3.63) is 70.7 Å². The highest BCUT2D eigenvalue weighted by Gasteiger charge is 2.24. The average Bonchev–Trinajstić information content (AvgIpc) is 3.17. The number of hydrogen-bond acceptors (Lipinski definition) is 4. The number of aryl methyl sites for hydroxylation is 2. The van der Waals surface area contributed by atoms with Gasteiger partial charge in [0.2, 0.25) is 0 Å². The molecule has 0 unspecified atom stereocenters. The van der Waals surface area contributed by atoms with E-state index in [0.29, 0.717) is 22.8 Å². The van der Waals surface area contributed by atoms with Gasteiger partial charge in [-0.2, -0.15) is 0 Å². The van der Waals surface area contributed by atoms with Crippen molar-refractivity contribution < 1.29 is 19.2 Å². The summed E-state index contributed by atoms with van der Waals surface area (Å²) in [5.74, 6) is -0.127. The van der Waals surface area contributed by atoms with Gasteiger partial charge in [0.25, 0.3) is 5.91 Å². The van der Waals surface area contributed by atoms with Crippen LogP contribution in [0.15, 0.2) is 47.0 Å². The Bertz CT molecular complexity index is 973. The molecule has 0 saturated heterocycles. The van der Waals surface area contributed by atoms with E-state index in [1.807, 2.05) is 48.7 Å². The molecule has 1 N–H and O–H groups in total. The Labute approximate surface area is 156 Å². The number of rotatable bonds is 6. The third kappa shape index (κ3) is 3.92. The maximum atomic E-state index is 13.1. The topological polar surface area (TPSA) is 88.6 Å². The molecule has 7 nitrogen and oxygen atoms in total. The Kier molecular flexibility index (Phi) is 5.12.